The van der Waals surface area contributed by atoms with Gasteiger partial charge >= 0.3 is 6.03 Å². The molecule has 28 heavy (non-hydrogen) atoms. The van der Waals surface area contributed by atoms with Crippen LogP contribution in [-0.2, 0) is 16.0 Å². The molecule has 0 aromatic heterocycles. The van der Waals surface area contributed by atoms with Crippen molar-refractivity contribution < 1.29 is 14.3 Å². The lowest BCUT2D eigenvalue weighted by molar-refractivity contribution is -0.132. The molecule has 1 aromatic carbocycles. The zero-order valence-electron chi connectivity index (χ0n) is 17.0. The molecular formula is C22H31N3O3. The van der Waals surface area contributed by atoms with Crippen molar-refractivity contribution in [2.24, 2.45) is 0 Å². The summed E-state index contributed by atoms with van der Waals surface area (Å²) < 4.78 is 5.57. The summed E-state index contributed by atoms with van der Waals surface area (Å²) in [6, 6.07) is 8.45. The molecule has 3 amide bonds. The predicted molar refractivity (Wildman–Crippen MR) is 107 cm³/mol. The van der Waals surface area contributed by atoms with Crippen LogP contribution in [-0.4, -0.2) is 78.1 Å². The second kappa shape index (κ2) is 7.74. The number of rotatable bonds is 3. The van der Waals surface area contributed by atoms with Crippen LogP contribution in [0.5, 0.6) is 0 Å². The second-order valence-electron chi connectivity index (χ2n) is 8.56. The monoisotopic (exact) mass is 385 g/mol. The number of ether oxygens (including phenoxy) is 1. The van der Waals surface area contributed by atoms with Gasteiger partial charge in [0.1, 0.15) is 0 Å². The highest BCUT2D eigenvalue weighted by Crippen LogP contribution is 2.38. The van der Waals surface area contributed by atoms with E-state index in [9.17, 15) is 9.59 Å². The van der Waals surface area contributed by atoms with E-state index in [1.165, 1.54) is 0 Å². The lowest BCUT2D eigenvalue weighted by atomic mass is 9.86. The van der Waals surface area contributed by atoms with Gasteiger partial charge in [-0.05, 0) is 43.7 Å². The Morgan fingerprint density at radius 3 is 2.54 bits per heavy atom. The number of amides is 3. The van der Waals surface area contributed by atoms with E-state index in [2.05, 4.69) is 17.9 Å². The maximum absolute atomic E-state index is 12.9. The summed E-state index contributed by atoms with van der Waals surface area (Å²) in [5, 5.41) is 0. The van der Waals surface area contributed by atoms with Gasteiger partial charge in [0.2, 0.25) is 5.91 Å². The van der Waals surface area contributed by atoms with Crippen molar-refractivity contribution in [1.82, 2.24) is 14.7 Å². The maximum atomic E-state index is 12.9. The summed E-state index contributed by atoms with van der Waals surface area (Å²) in [6.07, 6.45) is 4.01. The summed E-state index contributed by atoms with van der Waals surface area (Å²) in [6.45, 7) is 5.76. The Morgan fingerprint density at radius 1 is 1.18 bits per heavy atom. The second-order valence-corrected chi connectivity index (χ2v) is 8.56. The smallest absolute Gasteiger partial charge is 0.320 e. The number of nitrogens with zero attached hydrogens (tertiary/aromatic N) is 3. The quantitative estimate of drug-likeness (QED) is 0.803. The highest BCUT2D eigenvalue weighted by Gasteiger charge is 2.52. The molecule has 0 unspecified atom stereocenters. The Kier molecular flexibility index (Phi) is 5.32. The van der Waals surface area contributed by atoms with Gasteiger partial charge in [0.15, 0.2) is 0 Å². The zero-order valence-corrected chi connectivity index (χ0v) is 17.0. The van der Waals surface area contributed by atoms with Gasteiger partial charge < -0.3 is 19.4 Å². The molecule has 3 fully saturated rings. The predicted octanol–water partition coefficient (Wildman–Crippen LogP) is 2.45. The molecule has 6 nitrogen and oxygen atoms in total. The largest absolute Gasteiger partial charge is 0.381 e. The number of benzene rings is 1. The van der Waals surface area contributed by atoms with Gasteiger partial charge in [0.05, 0.1) is 12.0 Å². The zero-order chi connectivity index (χ0) is 19.7. The number of carbonyl (C=O) groups is 2. The van der Waals surface area contributed by atoms with Gasteiger partial charge in [-0.25, -0.2) is 4.79 Å². The van der Waals surface area contributed by atoms with Crippen molar-refractivity contribution in [2.75, 3.05) is 39.9 Å². The van der Waals surface area contributed by atoms with Crippen LogP contribution in [0.3, 0.4) is 0 Å². The molecule has 0 N–H and O–H groups in total. The van der Waals surface area contributed by atoms with Crippen LogP contribution < -0.4 is 0 Å². The molecule has 152 valence electrons. The van der Waals surface area contributed by atoms with Crippen LogP contribution >= 0.6 is 0 Å². The third-order valence-corrected chi connectivity index (χ3v) is 6.78. The van der Waals surface area contributed by atoms with Gasteiger partial charge in [-0.15, -0.1) is 0 Å². The third-order valence-electron chi connectivity index (χ3n) is 6.78. The van der Waals surface area contributed by atoms with Crippen LogP contribution in [0.25, 0.3) is 0 Å². The third kappa shape index (κ3) is 3.50. The Hall–Kier alpha value is -2.08. The average molecular weight is 386 g/mol. The van der Waals surface area contributed by atoms with Crippen molar-refractivity contribution in [3.63, 3.8) is 0 Å². The SMILES string of the molecule is Cc1ccccc1CC(=O)N1CCC(N2C(=O)N(C)CC23CCOCC3)CC1. The molecule has 0 saturated carbocycles. The normalized spacial score (nSPS) is 22.9. The number of likely N-dealkylation sites (N-methyl/N-ethyl adjacent to an activating group) is 1. The number of urea groups is 1. The van der Waals surface area contributed by atoms with E-state index < -0.39 is 0 Å². The number of likely N-dealkylation sites (tertiary alicyclic amines) is 1. The summed E-state index contributed by atoms with van der Waals surface area (Å²) in [7, 11) is 1.90. The van der Waals surface area contributed by atoms with E-state index >= 15 is 0 Å². The van der Waals surface area contributed by atoms with Crippen molar-refractivity contribution in [3.8, 4) is 0 Å². The van der Waals surface area contributed by atoms with Crippen LogP contribution in [0.1, 0.15) is 36.8 Å². The first-order valence-electron chi connectivity index (χ1n) is 10.4. The number of carbonyl (C=O) groups excluding carboxylic acids is 2. The van der Waals surface area contributed by atoms with Gasteiger partial charge in [-0.2, -0.15) is 0 Å². The lowest BCUT2D eigenvalue weighted by Gasteiger charge is -2.46. The Morgan fingerprint density at radius 2 is 1.86 bits per heavy atom. The summed E-state index contributed by atoms with van der Waals surface area (Å²) >= 11 is 0. The number of piperidine rings is 1. The number of hydrogen-bond acceptors (Lipinski definition) is 3. The molecule has 0 aliphatic carbocycles. The first kappa shape index (κ1) is 19.2. The molecule has 1 spiro atoms. The van der Waals surface area contributed by atoms with Crippen molar-refractivity contribution >= 4 is 11.9 Å². The van der Waals surface area contributed by atoms with Gasteiger partial charge in [0, 0.05) is 45.9 Å². The number of hydrogen-bond donors (Lipinski definition) is 0. The van der Waals surface area contributed by atoms with Crippen molar-refractivity contribution in [1.29, 1.82) is 0 Å². The maximum Gasteiger partial charge on any atom is 0.320 e. The minimum absolute atomic E-state index is 0.0813. The first-order valence-corrected chi connectivity index (χ1v) is 10.4. The minimum atomic E-state index is -0.0813. The summed E-state index contributed by atoms with van der Waals surface area (Å²) in [4.78, 5) is 31.7. The van der Waals surface area contributed by atoms with E-state index in [0.29, 0.717) is 6.42 Å². The van der Waals surface area contributed by atoms with E-state index in [0.717, 1.165) is 69.7 Å². The molecule has 3 saturated heterocycles. The van der Waals surface area contributed by atoms with Crippen LogP contribution in [0.4, 0.5) is 4.79 Å². The topological polar surface area (TPSA) is 53.1 Å². The Labute approximate surface area is 167 Å². The molecule has 0 radical (unpaired) electrons. The fourth-order valence-electron chi connectivity index (χ4n) is 5.12. The highest BCUT2D eigenvalue weighted by atomic mass is 16.5. The van der Waals surface area contributed by atoms with Crippen LogP contribution in [0, 0.1) is 6.92 Å². The average Bonchev–Trinajstić information content (AvgIpc) is 2.93. The standard InChI is InChI=1S/C22H31N3O3/c1-17-5-3-4-6-18(17)15-20(26)24-11-7-19(8-12-24)25-21(27)23(2)16-22(25)9-13-28-14-10-22/h3-6,19H,7-16H2,1-2H3. The van der Waals surface area contributed by atoms with Crippen LogP contribution in [0.2, 0.25) is 0 Å². The fraction of sp³-hybridized carbons (Fsp3) is 0.636. The number of aryl methyl sites for hydroxylation is 1. The van der Waals surface area contributed by atoms with E-state index in [4.69, 9.17) is 4.74 Å². The van der Waals surface area contributed by atoms with Crippen molar-refractivity contribution in [3.05, 3.63) is 35.4 Å². The highest BCUT2D eigenvalue weighted by molar-refractivity contribution is 5.80. The summed E-state index contributed by atoms with van der Waals surface area (Å²) in [5.41, 5.74) is 2.19. The molecule has 4 rings (SSSR count). The summed E-state index contributed by atoms with van der Waals surface area (Å²) in [5.74, 6) is 0.193. The lowest BCUT2D eigenvalue weighted by Crippen LogP contribution is -2.57. The van der Waals surface area contributed by atoms with Gasteiger partial charge in [-0.1, -0.05) is 24.3 Å². The first-order chi connectivity index (χ1) is 13.5. The molecular weight excluding hydrogens is 354 g/mol. The van der Waals surface area contributed by atoms with E-state index in [1.807, 2.05) is 35.0 Å². The molecule has 3 aliphatic rings. The van der Waals surface area contributed by atoms with Crippen LogP contribution in [0.15, 0.2) is 24.3 Å². The molecule has 1 aromatic rings. The molecule has 6 heteroatoms. The fourth-order valence-corrected chi connectivity index (χ4v) is 5.12. The van der Waals surface area contributed by atoms with Gasteiger partial charge in [0.25, 0.3) is 0 Å². The molecule has 0 atom stereocenters. The van der Waals surface area contributed by atoms with E-state index in [1.54, 1.807) is 0 Å². The Balaban J connectivity index is 1.40. The molecule has 3 heterocycles. The Bertz CT molecular complexity index is 736. The van der Waals surface area contributed by atoms with Crippen molar-refractivity contribution in [2.45, 2.75) is 50.6 Å². The van der Waals surface area contributed by atoms with Gasteiger partial charge in [-0.3, -0.25) is 4.79 Å². The minimum Gasteiger partial charge on any atom is -0.381 e. The molecule has 0 bridgehead atoms. The van der Waals surface area contributed by atoms with E-state index in [-0.39, 0.29) is 23.5 Å². The molecule has 3 aliphatic heterocycles.